The smallest absolute Gasteiger partial charge is 0.324 e. The first kappa shape index (κ1) is 19.2. The summed E-state index contributed by atoms with van der Waals surface area (Å²) in [5.74, 6) is -0.913. The second-order valence-corrected chi connectivity index (χ2v) is 5.56. The summed E-state index contributed by atoms with van der Waals surface area (Å²) in [6, 6.07) is 4.18. The summed E-state index contributed by atoms with van der Waals surface area (Å²) in [6.07, 6.45) is -3.79. The maximum atomic E-state index is 13.0. The fourth-order valence-corrected chi connectivity index (χ4v) is 2.32. The summed E-state index contributed by atoms with van der Waals surface area (Å²) < 4.78 is 39.8. The second-order valence-electron chi connectivity index (χ2n) is 5.56. The zero-order chi connectivity index (χ0) is 19.6. The van der Waals surface area contributed by atoms with Gasteiger partial charge in [0, 0.05) is 11.6 Å². The van der Waals surface area contributed by atoms with E-state index in [1.807, 2.05) is 0 Å². The topological polar surface area (TPSA) is 94.2 Å². The van der Waals surface area contributed by atoms with Crippen LogP contribution in [0.5, 0.6) is 0 Å². The first-order valence-electron chi connectivity index (χ1n) is 7.36. The highest BCUT2D eigenvalue weighted by molar-refractivity contribution is 5.94. The van der Waals surface area contributed by atoms with E-state index >= 15 is 0 Å². The molecule has 2 aromatic rings. The molecule has 2 rings (SSSR count). The second kappa shape index (κ2) is 6.98. The van der Waals surface area contributed by atoms with Crippen molar-refractivity contribution in [1.82, 2.24) is 4.57 Å². The summed E-state index contributed by atoms with van der Waals surface area (Å²) in [6.45, 7) is 2.60. The van der Waals surface area contributed by atoms with Crippen molar-refractivity contribution >= 4 is 17.3 Å². The Kier molecular flexibility index (Phi) is 5.15. The third-order valence-corrected chi connectivity index (χ3v) is 3.71. The van der Waals surface area contributed by atoms with Crippen LogP contribution in [0.25, 0.3) is 0 Å². The quantitative estimate of drug-likeness (QED) is 0.661. The van der Waals surface area contributed by atoms with Crippen LogP contribution in [0.4, 0.5) is 24.5 Å². The van der Waals surface area contributed by atoms with Crippen molar-refractivity contribution < 1.29 is 22.9 Å². The molecule has 1 heterocycles. The molecule has 1 aromatic heterocycles. The minimum Gasteiger partial charge on any atom is -0.324 e. The number of carbonyl (C=O) groups is 1. The Morgan fingerprint density at radius 3 is 2.50 bits per heavy atom. The first-order chi connectivity index (χ1) is 12.0. The van der Waals surface area contributed by atoms with Gasteiger partial charge in [0.2, 0.25) is 5.91 Å². The summed E-state index contributed by atoms with van der Waals surface area (Å²) in [4.78, 5) is 34.7. The summed E-state index contributed by atoms with van der Waals surface area (Å²) in [7, 11) is 0. The number of benzene rings is 1. The molecule has 1 N–H and O–H groups in total. The van der Waals surface area contributed by atoms with Crippen LogP contribution in [-0.2, 0) is 11.0 Å². The van der Waals surface area contributed by atoms with Crippen molar-refractivity contribution in [3.8, 4) is 0 Å². The van der Waals surface area contributed by atoms with Crippen LogP contribution < -0.4 is 10.9 Å². The lowest BCUT2D eigenvalue weighted by Crippen LogP contribution is -2.33. The Bertz CT molecular complexity index is 922. The Balaban J connectivity index is 2.38. The average molecular weight is 369 g/mol. The number of carbonyl (C=O) groups excluding carboxylic acids is 1. The molecule has 0 fully saturated rings. The Morgan fingerprint density at radius 1 is 1.31 bits per heavy atom. The number of alkyl halides is 3. The lowest BCUT2D eigenvalue weighted by atomic mass is 10.1. The van der Waals surface area contributed by atoms with Crippen molar-refractivity contribution in [2.75, 3.05) is 5.32 Å². The number of nitro groups is 1. The molecular formula is C16H14F3N3O4. The molecule has 0 aliphatic heterocycles. The normalized spacial score (nSPS) is 12.5. The van der Waals surface area contributed by atoms with Gasteiger partial charge in [-0.15, -0.1) is 0 Å². The zero-order valence-corrected chi connectivity index (χ0v) is 13.7. The molecule has 7 nitrogen and oxygen atoms in total. The number of rotatable bonds is 4. The molecule has 26 heavy (non-hydrogen) atoms. The lowest BCUT2D eigenvalue weighted by Gasteiger charge is -2.18. The van der Waals surface area contributed by atoms with Gasteiger partial charge in [-0.2, -0.15) is 13.2 Å². The van der Waals surface area contributed by atoms with Crippen LogP contribution in [0.15, 0.2) is 41.3 Å². The number of para-hydroxylation sites is 1. The van der Waals surface area contributed by atoms with E-state index in [1.54, 1.807) is 0 Å². The van der Waals surface area contributed by atoms with E-state index in [2.05, 4.69) is 5.32 Å². The third kappa shape index (κ3) is 3.90. The highest BCUT2D eigenvalue weighted by Gasteiger charge is 2.34. The van der Waals surface area contributed by atoms with Crippen LogP contribution in [0.1, 0.15) is 24.1 Å². The number of aryl methyl sites for hydroxylation is 1. The van der Waals surface area contributed by atoms with E-state index in [4.69, 9.17) is 0 Å². The number of hydrogen-bond donors (Lipinski definition) is 1. The van der Waals surface area contributed by atoms with Crippen LogP contribution in [-0.4, -0.2) is 15.4 Å². The van der Waals surface area contributed by atoms with Crippen molar-refractivity contribution in [2.45, 2.75) is 26.1 Å². The van der Waals surface area contributed by atoms with Crippen molar-refractivity contribution in [3.05, 3.63) is 68.1 Å². The third-order valence-electron chi connectivity index (χ3n) is 3.71. The molecule has 0 bridgehead atoms. The predicted octanol–water partition coefficient (Wildman–Crippen LogP) is 3.28. The van der Waals surface area contributed by atoms with Gasteiger partial charge in [0.25, 0.3) is 11.2 Å². The maximum Gasteiger partial charge on any atom is 0.418 e. The molecule has 0 aliphatic carbocycles. The number of hydrogen-bond acceptors (Lipinski definition) is 4. The van der Waals surface area contributed by atoms with E-state index in [-0.39, 0.29) is 5.56 Å². The van der Waals surface area contributed by atoms with Gasteiger partial charge < -0.3 is 5.32 Å². The molecule has 0 spiro atoms. The van der Waals surface area contributed by atoms with Crippen LogP contribution in [0.3, 0.4) is 0 Å². The number of anilines is 1. The monoisotopic (exact) mass is 369 g/mol. The predicted molar refractivity (Wildman–Crippen MR) is 86.9 cm³/mol. The summed E-state index contributed by atoms with van der Waals surface area (Å²) in [5, 5.41) is 13.0. The standard InChI is InChI=1S/C16H14F3N3O4/c1-9-7-11(22(25)26)8-21(15(9)24)10(2)14(23)20-13-6-4-3-5-12(13)16(17,18)19/h3-8,10H,1-2H3,(H,20,23). The fraction of sp³-hybridized carbons (Fsp3) is 0.250. The van der Waals surface area contributed by atoms with E-state index < -0.39 is 45.5 Å². The lowest BCUT2D eigenvalue weighted by molar-refractivity contribution is -0.385. The molecule has 0 radical (unpaired) electrons. The highest BCUT2D eigenvalue weighted by Crippen LogP contribution is 2.34. The molecule has 0 aliphatic rings. The number of nitrogens with one attached hydrogen (secondary N) is 1. The summed E-state index contributed by atoms with van der Waals surface area (Å²) in [5.41, 5.74) is -2.52. The Hall–Kier alpha value is -3.17. The van der Waals surface area contributed by atoms with E-state index in [0.29, 0.717) is 0 Å². The largest absolute Gasteiger partial charge is 0.418 e. The van der Waals surface area contributed by atoms with Crippen molar-refractivity contribution in [3.63, 3.8) is 0 Å². The molecule has 10 heteroatoms. The molecule has 0 saturated heterocycles. The zero-order valence-electron chi connectivity index (χ0n) is 13.7. The number of halogens is 3. The van der Waals surface area contributed by atoms with Gasteiger partial charge in [0.1, 0.15) is 6.04 Å². The van der Waals surface area contributed by atoms with Gasteiger partial charge in [-0.3, -0.25) is 24.3 Å². The minimum atomic E-state index is -4.67. The molecular weight excluding hydrogens is 355 g/mol. The number of pyridine rings is 1. The van der Waals surface area contributed by atoms with Crippen LogP contribution in [0, 0.1) is 17.0 Å². The van der Waals surface area contributed by atoms with Gasteiger partial charge in [-0.1, -0.05) is 12.1 Å². The van der Waals surface area contributed by atoms with E-state index in [1.165, 1.54) is 26.0 Å². The number of aromatic nitrogens is 1. The SMILES string of the molecule is Cc1cc([N+](=O)[O-])cn(C(C)C(=O)Nc2ccccc2C(F)(F)F)c1=O. The maximum absolute atomic E-state index is 13.0. The molecule has 1 unspecified atom stereocenters. The molecule has 0 saturated carbocycles. The molecule has 1 aromatic carbocycles. The molecule has 1 atom stereocenters. The average Bonchev–Trinajstić information content (AvgIpc) is 2.55. The van der Waals surface area contributed by atoms with Gasteiger partial charge in [-0.25, -0.2) is 0 Å². The van der Waals surface area contributed by atoms with E-state index in [0.717, 1.165) is 29.0 Å². The number of amides is 1. The Morgan fingerprint density at radius 2 is 1.92 bits per heavy atom. The van der Waals surface area contributed by atoms with Crippen molar-refractivity contribution in [1.29, 1.82) is 0 Å². The molecule has 1 amide bonds. The number of nitrogens with zero attached hydrogens (tertiary/aromatic N) is 2. The van der Waals surface area contributed by atoms with Crippen LogP contribution >= 0.6 is 0 Å². The van der Waals surface area contributed by atoms with Gasteiger partial charge in [0.05, 0.1) is 22.4 Å². The Labute approximate surface area is 145 Å². The highest BCUT2D eigenvalue weighted by atomic mass is 19.4. The van der Waals surface area contributed by atoms with Crippen LogP contribution in [0.2, 0.25) is 0 Å². The summed E-state index contributed by atoms with van der Waals surface area (Å²) >= 11 is 0. The van der Waals surface area contributed by atoms with Gasteiger partial charge >= 0.3 is 6.18 Å². The van der Waals surface area contributed by atoms with Crippen molar-refractivity contribution in [2.24, 2.45) is 0 Å². The van der Waals surface area contributed by atoms with Gasteiger partial charge in [-0.05, 0) is 26.0 Å². The van der Waals surface area contributed by atoms with Gasteiger partial charge in [0.15, 0.2) is 0 Å². The first-order valence-corrected chi connectivity index (χ1v) is 7.36. The van der Waals surface area contributed by atoms with E-state index in [9.17, 15) is 32.9 Å². The molecule has 138 valence electrons. The minimum absolute atomic E-state index is 0.0366. The fourth-order valence-electron chi connectivity index (χ4n) is 2.32.